The van der Waals surface area contributed by atoms with Gasteiger partial charge >= 0.3 is 0 Å². The number of rotatable bonds is 6. The van der Waals surface area contributed by atoms with Gasteiger partial charge in [0.25, 0.3) is 5.91 Å². The lowest BCUT2D eigenvalue weighted by Gasteiger charge is -2.22. The van der Waals surface area contributed by atoms with Crippen LogP contribution in [0.25, 0.3) is 0 Å². The van der Waals surface area contributed by atoms with Crippen LogP contribution in [0.3, 0.4) is 0 Å². The van der Waals surface area contributed by atoms with E-state index in [2.05, 4.69) is 22.3 Å². The molecule has 3 N–H and O–H groups in total. The number of anilines is 2. The minimum atomic E-state index is -0.869. The van der Waals surface area contributed by atoms with Crippen LogP contribution in [0.4, 0.5) is 20.2 Å². The van der Waals surface area contributed by atoms with Gasteiger partial charge in [0.05, 0.1) is 0 Å². The molecule has 1 aliphatic rings. The second kappa shape index (κ2) is 9.64. The van der Waals surface area contributed by atoms with E-state index in [0.29, 0.717) is 5.56 Å². The van der Waals surface area contributed by atoms with Gasteiger partial charge < -0.3 is 15.5 Å². The van der Waals surface area contributed by atoms with Gasteiger partial charge in [0, 0.05) is 30.0 Å². The molecule has 1 amide bonds. The van der Waals surface area contributed by atoms with Crippen molar-refractivity contribution in [2.75, 3.05) is 29.9 Å². The van der Waals surface area contributed by atoms with Crippen molar-refractivity contribution < 1.29 is 18.9 Å². The highest BCUT2D eigenvalue weighted by atomic mass is 19.2. The number of carbonyl (C=O) groups is 1. The molecule has 0 radical (unpaired) electrons. The van der Waals surface area contributed by atoms with Crippen molar-refractivity contribution in [2.45, 2.75) is 38.6 Å². The summed E-state index contributed by atoms with van der Waals surface area (Å²) in [6, 6.07) is 11.6. The van der Waals surface area contributed by atoms with Gasteiger partial charge in [0.2, 0.25) is 0 Å². The molecule has 3 rings (SSSR count). The summed E-state index contributed by atoms with van der Waals surface area (Å²) >= 11 is 0. The van der Waals surface area contributed by atoms with E-state index in [4.69, 9.17) is 0 Å². The van der Waals surface area contributed by atoms with E-state index in [9.17, 15) is 13.6 Å². The van der Waals surface area contributed by atoms with E-state index in [1.807, 2.05) is 19.1 Å². The van der Waals surface area contributed by atoms with Crippen LogP contribution >= 0.6 is 0 Å². The second-order valence-corrected chi connectivity index (χ2v) is 7.40. The van der Waals surface area contributed by atoms with Crippen molar-refractivity contribution in [2.24, 2.45) is 0 Å². The van der Waals surface area contributed by atoms with Crippen molar-refractivity contribution in [3.8, 4) is 0 Å². The number of carbonyl (C=O) groups excluding carboxylic acids is 1. The Morgan fingerprint density at radius 3 is 2.36 bits per heavy atom. The van der Waals surface area contributed by atoms with Gasteiger partial charge in [-0.2, -0.15) is 0 Å². The number of hydrogen-bond donors (Lipinski definition) is 2. The van der Waals surface area contributed by atoms with Crippen molar-refractivity contribution in [3.05, 3.63) is 59.7 Å². The zero-order valence-electron chi connectivity index (χ0n) is 16.3. The van der Waals surface area contributed by atoms with Crippen molar-refractivity contribution >= 4 is 17.3 Å². The Kier molecular flexibility index (Phi) is 6.98. The third-order valence-electron chi connectivity index (χ3n) is 5.25. The number of nitrogens with zero attached hydrogens (tertiary/aromatic N) is 1. The molecule has 1 aliphatic heterocycles. The van der Waals surface area contributed by atoms with E-state index in [-0.39, 0.29) is 18.5 Å². The zero-order valence-corrected chi connectivity index (χ0v) is 16.3. The Bertz CT molecular complexity index is 787. The fourth-order valence-electron chi connectivity index (χ4n) is 3.51. The normalized spacial score (nSPS) is 15.8. The number of hydrogen-bond acceptors (Lipinski definition) is 2. The first kappa shape index (κ1) is 20.3. The molecule has 2 aromatic rings. The van der Waals surface area contributed by atoms with E-state index in [1.54, 1.807) is 11.4 Å². The van der Waals surface area contributed by atoms with Crippen molar-refractivity contribution in [1.29, 1.82) is 0 Å². The van der Waals surface area contributed by atoms with Gasteiger partial charge in [-0.15, -0.1) is 0 Å². The number of halogens is 2. The lowest BCUT2D eigenvalue weighted by atomic mass is 10.1. The Hall–Kier alpha value is -2.47. The minimum Gasteiger partial charge on any atom is -0.372 e. The van der Waals surface area contributed by atoms with E-state index in [1.165, 1.54) is 37.4 Å². The minimum absolute atomic E-state index is 0.128. The number of nitrogens with two attached hydrogens (primary N) is 1. The molecule has 0 saturated carbocycles. The SMILES string of the molecule is C[C@H]([NH2+]CC(=O)Nc1ccc(N2CCCCCC2)cc1)c1ccc(F)c(F)c1. The summed E-state index contributed by atoms with van der Waals surface area (Å²) in [4.78, 5) is 14.6. The predicted octanol–water partition coefficient (Wildman–Crippen LogP) is 3.61. The van der Waals surface area contributed by atoms with Crippen LogP contribution < -0.4 is 15.5 Å². The van der Waals surface area contributed by atoms with Crippen LogP contribution in [-0.4, -0.2) is 25.5 Å². The summed E-state index contributed by atoms with van der Waals surface area (Å²) in [6.45, 7) is 4.23. The molecule has 0 aliphatic carbocycles. The number of quaternary nitrogens is 1. The molecule has 0 unspecified atom stereocenters. The molecule has 4 nitrogen and oxygen atoms in total. The molecule has 6 heteroatoms. The Morgan fingerprint density at radius 1 is 1.04 bits per heavy atom. The lowest BCUT2D eigenvalue weighted by molar-refractivity contribution is -0.682. The van der Waals surface area contributed by atoms with Gasteiger partial charge in [-0.3, -0.25) is 4.79 Å². The molecule has 1 atom stereocenters. The monoisotopic (exact) mass is 388 g/mol. The highest BCUT2D eigenvalue weighted by Crippen LogP contribution is 2.21. The highest BCUT2D eigenvalue weighted by Gasteiger charge is 2.14. The molecule has 2 aromatic carbocycles. The average molecular weight is 388 g/mol. The van der Waals surface area contributed by atoms with Gasteiger partial charge in [-0.25, -0.2) is 8.78 Å². The van der Waals surface area contributed by atoms with E-state index < -0.39 is 11.6 Å². The molecule has 1 saturated heterocycles. The summed E-state index contributed by atoms with van der Waals surface area (Å²) in [6.07, 6.45) is 5.04. The van der Waals surface area contributed by atoms with Gasteiger partial charge in [0.1, 0.15) is 6.04 Å². The maximum atomic E-state index is 13.3. The molecule has 0 bridgehead atoms. The maximum absolute atomic E-state index is 13.3. The van der Waals surface area contributed by atoms with Crippen LogP contribution in [0.15, 0.2) is 42.5 Å². The first-order chi connectivity index (χ1) is 13.5. The smallest absolute Gasteiger partial charge is 0.279 e. The summed E-state index contributed by atoms with van der Waals surface area (Å²) in [5.41, 5.74) is 2.60. The molecule has 0 aromatic heterocycles. The Balaban J connectivity index is 1.49. The predicted molar refractivity (Wildman–Crippen MR) is 107 cm³/mol. The average Bonchev–Trinajstić information content (AvgIpc) is 2.98. The summed E-state index contributed by atoms with van der Waals surface area (Å²) < 4.78 is 26.4. The molecule has 150 valence electrons. The number of nitrogens with one attached hydrogen (secondary N) is 1. The maximum Gasteiger partial charge on any atom is 0.279 e. The Morgan fingerprint density at radius 2 is 1.71 bits per heavy atom. The summed E-state index contributed by atoms with van der Waals surface area (Å²) in [5, 5.41) is 4.69. The van der Waals surface area contributed by atoms with E-state index in [0.717, 1.165) is 24.8 Å². The van der Waals surface area contributed by atoms with Gasteiger partial charge in [0.15, 0.2) is 18.2 Å². The molecule has 0 spiro atoms. The fourth-order valence-corrected chi connectivity index (χ4v) is 3.51. The topological polar surface area (TPSA) is 49.0 Å². The molecular weight excluding hydrogens is 360 g/mol. The van der Waals surface area contributed by atoms with Gasteiger partial charge in [-0.05, 0) is 62.2 Å². The number of benzene rings is 2. The standard InChI is InChI=1S/C22H27F2N3O/c1-16(17-6-11-20(23)21(24)14-17)25-15-22(28)26-18-7-9-19(10-8-18)27-12-4-2-3-5-13-27/h6-11,14,16,25H,2-5,12-13,15H2,1H3,(H,26,28)/p+1/t16-/m0/s1. The zero-order chi connectivity index (χ0) is 19.9. The third kappa shape index (κ3) is 5.52. The van der Waals surface area contributed by atoms with Crippen LogP contribution in [0, 0.1) is 11.6 Å². The fraction of sp³-hybridized carbons (Fsp3) is 0.409. The quantitative estimate of drug-likeness (QED) is 0.794. The van der Waals surface area contributed by atoms with Crippen molar-refractivity contribution in [3.63, 3.8) is 0 Å². The summed E-state index contributed by atoms with van der Waals surface area (Å²) in [7, 11) is 0. The second-order valence-electron chi connectivity index (χ2n) is 7.40. The lowest BCUT2D eigenvalue weighted by Crippen LogP contribution is -2.86. The molecule has 1 fully saturated rings. The van der Waals surface area contributed by atoms with E-state index >= 15 is 0 Å². The van der Waals surface area contributed by atoms with Crippen LogP contribution in [0.2, 0.25) is 0 Å². The van der Waals surface area contributed by atoms with Gasteiger partial charge in [-0.1, -0.05) is 12.8 Å². The largest absolute Gasteiger partial charge is 0.372 e. The molecule has 28 heavy (non-hydrogen) atoms. The van der Waals surface area contributed by atoms with Crippen LogP contribution in [-0.2, 0) is 4.79 Å². The number of amides is 1. The third-order valence-corrected chi connectivity index (χ3v) is 5.25. The van der Waals surface area contributed by atoms with Crippen molar-refractivity contribution in [1.82, 2.24) is 0 Å². The molecular formula is C22H28F2N3O+. The molecule has 1 heterocycles. The van der Waals surface area contributed by atoms with Crippen LogP contribution in [0.5, 0.6) is 0 Å². The Labute approximate surface area is 164 Å². The first-order valence-corrected chi connectivity index (χ1v) is 9.96. The first-order valence-electron chi connectivity index (χ1n) is 9.96. The summed E-state index contributed by atoms with van der Waals surface area (Å²) in [5.74, 6) is -1.86. The highest BCUT2D eigenvalue weighted by molar-refractivity contribution is 5.91. The van der Waals surface area contributed by atoms with Crippen LogP contribution in [0.1, 0.15) is 44.2 Å².